The van der Waals surface area contributed by atoms with E-state index in [2.05, 4.69) is 23.8 Å². The molecular formula is C19H29N5O2. The van der Waals surface area contributed by atoms with E-state index in [4.69, 9.17) is 0 Å². The second kappa shape index (κ2) is 6.37. The van der Waals surface area contributed by atoms with Crippen molar-refractivity contribution in [2.75, 3.05) is 39.3 Å². The lowest BCUT2D eigenvalue weighted by molar-refractivity contribution is -0.141. The third kappa shape index (κ3) is 2.73. The molecule has 3 fully saturated rings. The molecule has 4 rings (SSSR count). The summed E-state index contributed by atoms with van der Waals surface area (Å²) in [6, 6.07) is 2.18. The van der Waals surface area contributed by atoms with Crippen molar-refractivity contribution in [3.05, 3.63) is 18.0 Å². The molecule has 0 bridgehead atoms. The Morgan fingerprint density at radius 1 is 1.15 bits per heavy atom. The number of hydrogen-bond donors (Lipinski definition) is 0. The van der Waals surface area contributed by atoms with Gasteiger partial charge in [0.2, 0.25) is 5.91 Å². The maximum absolute atomic E-state index is 13.5. The summed E-state index contributed by atoms with van der Waals surface area (Å²) in [6.07, 6.45) is 3.98. The van der Waals surface area contributed by atoms with Gasteiger partial charge in [0.15, 0.2) is 0 Å². The second-order valence-electron chi connectivity index (χ2n) is 8.44. The van der Waals surface area contributed by atoms with Crippen LogP contribution in [0.3, 0.4) is 0 Å². The van der Waals surface area contributed by atoms with Crippen molar-refractivity contribution in [2.45, 2.75) is 32.7 Å². The summed E-state index contributed by atoms with van der Waals surface area (Å²) >= 11 is 0. The van der Waals surface area contributed by atoms with E-state index in [0.29, 0.717) is 24.8 Å². The summed E-state index contributed by atoms with van der Waals surface area (Å²) in [5.41, 5.74) is 0.0240. The third-order valence-electron chi connectivity index (χ3n) is 6.40. The summed E-state index contributed by atoms with van der Waals surface area (Å²) in [4.78, 5) is 32.7. The lowest BCUT2D eigenvalue weighted by Gasteiger charge is -2.33. The molecule has 2 atom stereocenters. The van der Waals surface area contributed by atoms with Crippen LogP contribution < -0.4 is 0 Å². The maximum Gasteiger partial charge on any atom is 0.274 e. The van der Waals surface area contributed by atoms with E-state index in [1.807, 2.05) is 16.8 Å². The van der Waals surface area contributed by atoms with Crippen molar-refractivity contribution < 1.29 is 9.59 Å². The van der Waals surface area contributed by atoms with E-state index in [1.165, 1.54) is 0 Å². The van der Waals surface area contributed by atoms with Crippen molar-refractivity contribution in [2.24, 2.45) is 18.4 Å². The first-order valence-corrected chi connectivity index (χ1v) is 9.73. The fraction of sp³-hybridized carbons (Fsp3) is 0.737. The van der Waals surface area contributed by atoms with Gasteiger partial charge < -0.3 is 9.80 Å². The predicted octanol–water partition coefficient (Wildman–Crippen LogP) is 0.825. The number of fused-ring (bicyclic) bond motifs is 1. The molecule has 0 saturated carbocycles. The maximum atomic E-state index is 13.5. The molecular weight excluding hydrogens is 330 g/mol. The summed E-state index contributed by atoms with van der Waals surface area (Å²) in [6.45, 7) is 8.92. The predicted molar refractivity (Wildman–Crippen MR) is 97.6 cm³/mol. The van der Waals surface area contributed by atoms with Gasteiger partial charge in [0.25, 0.3) is 5.91 Å². The van der Waals surface area contributed by atoms with Crippen molar-refractivity contribution in [3.63, 3.8) is 0 Å². The number of aryl methyl sites for hydroxylation is 1. The summed E-state index contributed by atoms with van der Waals surface area (Å²) in [7, 11) is 1.81. The zero-order valence-electron chi connectivity index (χ0n) is 16.0. The van der Waals surface area contributed by atoms with E-state index in [-0.39, 0.29) is 17.7 Å². The number of rotatable bonds is 3. The molecule has 3 aliphatic rings. The molecule has 0 unspecified atom stereocenters. The van der Waals surface area contributed by atoms with Crippen LogP contribution in [0.5, 0.6) is 0 Å². The van der Waals surface area contributed by atoms with E-state index >= 15 is 0 Å². The number of hydrogen-bond acceptors (Lipinski definition) is 4. The summed E-state index contributed by atoms with van der Waals surface area (Å²) in [5.74, 6) is 0.426. The number of nitrogens with zero attached hydrogens (tertiary/aromatic N) is 5. The first-order chi connectivity index (χ1) is 12.4. The molecule has 7 heteroatoms. The van der Waals surface area contributed by atoms with Gasteiger partial charge in [0, 0.05) is 64.5 Å². The van der Waals surface area contributed by atoms with Gasteiger partial charge >= 0.3 is 0 Å². The number of carbonyl (C=O) groups is 2. The Morgan fingerprint density at radius 3 is 2.50 bits per heavy atom. The highest BCUT2D eigenvalue weighted by molar-refractivity contribution is 5.94. The standard InChI is InChI=1S/C19H29N5O2/c1-14(2)23-10-15-11-24(17(25)16-6-9-21(3)20-16)13-19(15,12-23)18(26)22-7-4-5-8-22/h6,9,14-15H,4-5,7-8,10-13H2,1-3H3/t15-,19-/m0/s1. The minimum atomic E-state index is -0.445. The van der Waals surface area contributed by atoms with Crippen molar-refractivity contribution >= 4 is 11.8 Å². The van der Waals surface area contributed by atoms with Crippen molar-refractivity contribution in [3.8, 4) is 0 Å². The van der Waals surface area contributed by atoms with Gasteiger partial charge in [-0.3, -0.25) is 19.2 Å². The third-order valence-corrected chi connectivity index (χ3v) is 6.40. The first-order valence-electron chi connectivity index (χ1n) is 9.73. The van der Waals surface area contributed by atoms with Crippen LogP contribution in [0.4, 0.5) is 0 Å². The molecule has 3 aliphatic heterocycles. The van der Waals surface area contributed by atoms with Gasteiger partial charge in [-0.25, -0.2) is 0 Å². The van der Waals surface area contributed by atoms with Gasteiger partial charge in [0.05, 0.1) is 5.41 Å². The Bertz CT molecular complexity index is 709. The molecule has 0 aromatic carbocycles. The molecule has 0 radical (unpaired) electrons. The Labute approximate surface area is 154 Å². The van der Waals surface area contributed by atoms with Crippen LogP contribution in [0.2, 0.25) is 0 Å². The van der Waals surface area contributed by atoms with Crippen LogP contribution in [0.25, 0.3) is 0 Å². The minimum Gasteiger partial charge on any atom is -0.342 e. The van der Waals surface area contributed by atoms with Crippen LogP contribution in [0.1, 0.15) is 37.2 Å². The van der Waals surface area contributed by atoms with Gasteiger partial charge in [-0.15, -0.1) is 0 Å². The van der Waals surface area contributed by atoms with Crippen LogP contribution in [-0.4, -0.2) is 81.6 Å². The topological polar surface area (TPSA) is 61.7 Å². The Hall–Kier alpha value is -1.89. The molecule has 3 saturated heterocycles. The SMILES string of the molecule is CC(C)N1C[C@H]2CN(C(=O)c3ccn(C)n3)C[C@@]2(C(=O)N2CCCC2)C1. The van der Waals surface area contributed by atoms with Gasteiger partial charge in [0.1, 0.15) is 5.69 Å². The van der Waals surface area contributed by atoms with Crippen molar-refractivity contribution in [1.29, 1.82) is 0 Å². The highest BCUT2D eigenvalue weighted by Crippen LogP contribution is 2.45. The van der Waals surface area contributed by atoms with Crippen LogP contribution >= 0.6 is 0 Å². The first kappa shape index (κ1) is 17.5. The quantitative estimate of drug-likeness (QED) is 0.802. The van der Waals surface area contributed by atoms with E-state index in [1.54, 1.807) is 16.9 Å². The average molecular weight is 359 g/mol. The largest absolute Gasteiger partial charge is 0.342 e. The zero-order valence-corrected chi connectivity index (χ0v) is 16.0. The smallest absolute Gasteiger partial charge is 0.274 e. The van der Waals surface area contributed by atoms with E-state index in [0.717, 1.165) is 39.0 Å². The molecule has 7 nitrogen and oxygen atoms in total. The van der Waals surface area contributed by atoms with Gasteiger partial charge in [-0.1, -0.05) is 0 Å². The van der Waals surface area contributed by atoms with Crippen LogP contribution in [0.15, 0.2) is 12.3 Å². The second-order valence-corrected chi connectivity index (χ2v) is 8.44. The highest BCUT2D eigenvalue weighted by atomic mass is 16.2. The molecule has 2 amide bonds. The highest BCUT2D eigenvalue weighted by Gasteiger charge is 2.59. The number of likely N-dealkylation sites (tertiary alicyclic amines) is 3. The normalized spacial score (nSPS) is 29.0. The zero-order chi connectivity index (χ0) is 18.5. The molecule has 1 aromatic rings. The lowest BCUT2D eigenvalue weighted by atomic mass is 9.79. The lowest BCUT2D eigenvalue weighted by Crippen LogP contribution is -2.49. The van der Waals surface area contributed by atoms with Gasteiger partial charge in [-0.05, 0) is 32.8 Å². The van der Waals surface area contributed by atoms with Crippen LogP contribution in [0, 0.1) is 11.3 Å². The molecule has 0 spiro atoms. The molecule has 26 heavy (non-hydrogen) atoms. The van der Waals surface area contributed by atoms with Gasteiger partial charge in [-0.2, -0.15) is 5.10 Å². The fourth-order valence-corrected chi connectivity index (χ4v) is 4.88. The van der Waals surface area contributed by atoms with Crippen LogP contribution in [-0.2, 0) is 11.8 Å². The molecule has 0 N–H and O–H groups in total. The van der Waals surface area contributed by atoms with Crippen molar-refractivity contribution in [1.82, 2.24) is 24.5 Å². The summed E-state index contributed by atoms with van der Waals surface area (Å²) in [5, 5.41) is 4.26. The molecule has 0 aliphatic carbocycles. The number of aromatic nitrogens is 2. The minimum absolute atomic E-state index is 0.0512. The summed E-state index contributed by atoms with van der Waals surface area (Å²) < 4.78 is 1.65. The molecule has 142 valence electrons. The average Bonchev–Trinajstić information content (AvgIpc) is 3.36. The van der Waals surface area contributed by atoms with E-state index in [9.17, 15) is 9.59 Å². The Morgan fingerprint density at radius 2 is 1.88 bits per heavy atom. The number of amides is 2. The Kier molecular flexibility index (Phi) is 4.29. The molecule has 1 aromatic heterocycles. The monoisotopic (exact) mass is 359 g/mol. The molecule has 4 heterocycles. The fourth-order valence-electron chi connectivity index (χ4n) is 4.88. The Balaban J connectivity index is 1.59. The van der Waals surface area contributed by atoms with E-state index < -0.39 is 5.41 Å². The number of carbonyl (C=O) groups excluding carboxylic acids is 2.